The van der Waals surface area contributed by atoms with Crippen molar-refractivity contribution in [2.24, 2.45) is 0 Å². The standard InChI is InChI=1S/C24H22N6O2S/c1-25-23(32)18-8-5-7-17(13-18)14-27-21(31)16-33-24-29-28-22(19-9-6-12-26-15-19)30(24)20-10-3-2-4-11-20/h2-13,15H,14,16H2,1H3,(H,25,32)(H,27,31). The first kappa shape index (κ1) is 22.2. The van der Waals surface area contributed by atoms with Crippen molar-refractivity contribution in [1.29, 1.82) is 0 Å². The number of para-hydroxylation sites is 1. The van der Waals surface area contributed by atoms with Crippen molar-refractivity contribution in [2.75, 3.05) is 12.8 Å². The molecule has 33 heavy (non-hydrogen) atoms. The molecule has 4 aromatic rings. The lowest BCUT2D eigenvalue weighted by molar-refractivity contribution is -0.118. The average molecular weight is 459 g/mol. The average Bonchev–Trinajstić information content (AvgIpc) is 3.31. The van der Waals surface area contributed by atoms with Crippen LogP contribution >= 0.6 is 11.8 Å². The molecule has 0 spiro atoms. The normalized spacial score (nSPS) is 10.6. The molecule has 2 aromatic heterocycles. The Morgan fingerprint density at radius 2 is 1.85 bits per heavy atom. The van der Waals surface area contributed by atoms with Gasteiger partial charge in [-0.3, -0.25) is 19.1 Å². The third kappa shape index (κ3) is 5.45. The highest BCUT2D eigenvalue weighted by atomic mass is 32.2. The number of benzene rings is 2. The number of pyridine rings is 1. The van der Waals surface area contributed by atoms with Crippen LogP contribution in [-0.4, -0.2) is 44.4 Å². The summed E-state index contributed by atoms with van der Waals surface area (Å²) in [6.45, 7) is 0.330. The predicted octanol–water partition coefficient (Wildman–Crippen LogP) is 3.10. The number of thioether (sulfide) groups is 1. The molecule has 0 bridgehead atoms. The molecular formula is C24H22N6O2S. The van der Waals surface area contributed by atoms with Crippen LogP contribution in [0.3, 0.4) is 0 Å². The lowest BCUT2D eigenvalue weighted by Crippen LogP contribution is -2.25. The fraction of sp³-hybridized carbons (Fsp3) is 0.125. The van der Waals surface area contributed by atoms with E-state index in [0.717, 1.165) is 16.8 Å². The number of nitrogens with one attached hydrogen (secondary N) is 2. The lowest BCUT2D eigenvalue weighted by Gasteiger charge is -2.10. The quantitative estimate of drug-likeness (QED) is 0.394. The molecule has 0 saturated heterocycles. The Bertz CT molecular complexity index is 1240. The van der Waals surface area contributed by atoms with Gasteiger partial charge in [0.05, 0.1) is 5.75 Å². The van der Waals surface area contributed by atoms with Crippen LogP contribution < -0.4 is 10.6 Å². The van der Waals surface area contributed by atoms with E-state index in [4.69, 9.17) is 0 Å². The fourth-order valence-electron chi connectivity index (χ4n) is 3.20. The number of carbonyl (C=O) groups excluding carboxylic acids is 2. The van der Waals surface area contributed by atoms with Gasteiger partial charge in [-0.05, 0) is 42.0 Å². The van der Waals surface area contributed by atoms with E-state index in [-0.39, 0.29) is 17.6 Å². The van der Waals surface area contributed by atoms with Crippen LogP contribution in [0.15, 0.2) is 84.3 Å². The summed E-state index contributed by atoms with van der Waals surface area (Å²) in [5.74, 6) is 0.523. The van der Waals surface area contributed by atoms with Crippen molar-refractivity contribution >= 4 is 23.6 Å². The van der Waals surface area contributed by atoms with Gasteiger partial charge >= 0.3 is 0 Å². The largest absolute Gasteiger partial charge is 0.355 e. The Kier molecular flexibility index (Phi) is 7.11. The van der Waals surface area contributed by atoms with Gasteiger partial charge in [0.25, 0.3) is 5.91 Å². The Morgan fingerprint density at radius 3 is 2.61 bits per heavy atom. The number of hydrogen-bond donors (Lipinski definition) is 2. The van der Waals surface area contributed by atoms with Crippen LogP contribution in [0.1, 0.15) is 15.9 Å². The van der Waals surface area contributed by atoms with Crippen LogP contribution in [0, 0.1) is 0 Å². The molecule has 0 aliphatic rings. The van der Waals surface area contributed by atoms with Gasteiger partial charge in [0, 0.05) is 42.8 Å². The van der Waals surface area contributed by atoms with E-state index in [1.54, 1.807) is 37.6 Å². The number of aromatic nitrogens is 4. The van der Waals surface area contributed by atoms with Gasteiger partial charge in [0.1, 0.15) is 0 Å². The molecule has 0 radical (unpaired) electrons. The summed E-state index contributed by atoms with van der Waals surface area (Å²) in [6, 6.07) is 20.7. The second kappa shape index (κ2) is 10.6. The van der Waals surface area contributed by atoms with E-state index < -0.39 is 0 Å². The van der Waals surface area contributed by atoms with Crippen molar-refractivity contribution in [2.45, 2.75) is 11.7 Å². The fourth-order valence-corrected chi connectivity index (χ4v) is 3.99. The lowest BCUT2D eigenvalue weighted by atomic mass is 10.1. The van der Waals surface area contributed by atoms with Crippen molar-refractivity contribution in [3.63, 3.8) is 0 Å². The minimum atomic E-state index is -0.164. The molecule has 0 atom stereocenters. The summed E-state index contributed by atoms with van der Waals surface area (Å²) in [6.07, 6.45) is 3.44. The van der Waals surface area contributed by atoms with Crippen LogP contribution in [0.25, 0.3) is 17.1 Å². The van der Waals surface area contributed by atoms with Gasteiger partial charge in [-0.25, -0.2) is 0 Å². The van der Waals surface area contributed by atoms with Crippen LogP contribution in [0.2, 0.25) is 0 Å². The zero-order valence-electron chi connectivity index (χ0n) is 17.9. The third-order valence-corrected chi connectivity index (χ3v) is 5.73. The minimum Gasteiger partial charge on any atom is -0.355 e. The molecule has 2 heterocycles. The summed E-state index contributed by atoms with van der Waals surface area (Å²) < 4.78 is 1.92. The molecular weight excluding hydrogens is 436 g/mol. The SMILES string of the molecule is CNC(=O)c1cccc(CNC(=O)CSc2nnc(-c3cccnc3)n2-c2ccccc2)c1. The highest BCUT2D eigenvalue weighted by Crippen LogP contribution is 2.27. The van der Waals surface area contributed by atoms with Gasteiger partial charge in [0.15, 0.2) is 11.0 Å². The third-order valence-electron chi connectivity index (χ3n) is 4.81. The molecule has 0 aliphatic heterocycles. The Morgan fingerprint density at radius 1 is 1.00 bits per heavy atom. The molecule has 166 valence electrons. The molecule has 0 fully saturated rings. The first-order chi connectivity index (χ1) is 16.2. The van der Waals surface area contributed by atoms with E-state index in [9.17, 15) is 9.59 Å². The molecule has 2 amide bonds. The zero-order valence-corrected chi connectivity index (χ0v) is 18.7. The first-order valence-electron chi connectivity index (χ1n) is 10.3. The van der Waals surface area contributed by atoms with Crippen LogP contribution in [-0.2, 0) is 11.3 Å². The van der Waals surface area contributed by atoms with Gasteiger partial charge in [-0.15, -0.1) is 10.2 Å². The summed E-state index contributed by atoms with van der Waals surface area (Å²) in [4.78, 5) is 28.5. The molecule has 2 N–H and O–H groups in total. The topological polar surface area (TPSA) is 102 Å². The highest BCUT2D eigenvalue weighted by molar-refractivity contribution is 7.99. The number of amides is 2. The van der Waals surface area contributed by atoms with E-state index in [0.29, 0.717) is 23.1 Å². The summed E-state index contributed by atoms with van der Waals surface area (Å²) in [5, 5.41) is 14.8. The summed E-state index contributed by atoms with van der Waals surface area (Å²) >= 11 is 1.31. The Hall–Kier alpha value is -3.98. The van der Waals surface area contributed by atoms with Crippen molar-refractivity contribution in [3.05, 3.63) is 90.3 Å². The number of rotatable bonds is 8. The number of carbonyl (C=O) groups is 2. The predicted molar refractivity (Wildman–Crippen MR) is 127 cm³/mol. The van der Waals surface area contributed by atoms with Crippen molar-refractivity contribution in [1.82, 2.24) is 30.4 Å². The Balaban J connectivity index is 1.46. The molecule has 4 rings (SSSR count). The monoisotopic (exact) mass is 458 g/mol. The second-order valence-corrected chi connectivity index (χ2v) is 8.01. The van der Waals surface area contributed by atoms with Crippen molar-refractivity contribution < 1.29 is 9.59 Å². The van der Waals surface area contributed by atoms with E-state index in [1.807, 2.05) is 53.1 Å². The van der Waals surface area contributed by atoms with E-state index in [1.165, 1.54) is 11.8 Å². The first-order valence-corrected chi connectivity index (χ1v) is 11.3. The minimum absolute atomic E-state index is 0.143. The zero-order chi connectivity index (χ0) is 23.0. The van der Waals surface area contributed by atoms with E-state index >= 15 is 0 Å². The van der Waals surface area contributed by atoms with E-state index in [2.05, 4.69) is 25.8 Å². The maximum atomic E-state index is 12.5. The molecule has 0 aliphatic carbocycles. The highest BCUT2D eigenvalue weighted by Gasteiger charge is 2.17. The van der Waals surface area contributed by atoms with Crippen LogP contribution in [0.5, 0.6) is 0 Å². The maximum Gasteiger partial charge on any atom is 0.251 e. The van der Waals surface area contributed by atoms with Gasteiger partial charge < -0.3 is 10.6 Å². The second-order valence-electron chi connectivity index (χ2n) is 7.06. The van der Waals surface area contributed by atoms with Gasteiger partial charge in [-0.1, -0.05) is 42.1 Å². The smallest absolute Gasteiger partial charge is 0.251 e. The molecule has 0 unspecified atom stereocenters. The van der Waals surface area contributed by atoms with Gasteiger partial charge in [0.2, 0.25) is 5.91 Å². The summed E-state index contributed by atoms with van der Waals surface area (Å²) in [7, 11) is 1.59. The summed E-state index contributed by atoms with van der Waals surface area (Å²) in [5.41, 5.74) is 3.13. The molecule has 0 saturated carbocycles. The number of hydrogen-bond acceptors (Lipinski definition) is 6. The van der Waals surface area contributed by atoms with Gasteiger partial charge in [-0.2, -0.15) is 0 Å². The number of nitrogens with zero attached hydrogens (tertiary/aromatic N) is 4. The maximum absolute atomic E-state index is 12.5. The molecule has 2 aromatic carbocycles. The van der Waals surface area contributed by atoms with Crippen molar-refractivity contribution in [3.8, 4) is 17.1 Å². The van der Waals surface area contributed by atoms with Crippen LogP contribution in [0.4, 0.5) is 0 Å². The molecule has 8 nitrogen and oxygen atoms in total. The Labute approximate surface area is 195 Å². The molecule has 9 heteroatoms.